The Morgan fingerprint density at radius 1 is 1.00 bits per heavy atom. The fraction of sp³-hybridized carbons (Fsp3) is 0.923. The van der Waals surface area contributed by atoms with Crippen molar-refractivity contribution in [3.63, 3.8) is 0 Å². The van der Waals surface area contributed by atoms with Crippen molar-refractivity contribution in [2.75, 3.05) is 19.8 Å². The van der Waals surface area contributed by atoms with Crippen molar-refractivity contribution in [1.29, 1.82) is 0 Å². The predicted molar refractivity (Wildman–Crippen MR) is 68.8 cm³/mol. The number of carbonyl (C=O) groups is 1. The molecule has 0 heterocycles. The predicted octanol–water partition coefficient (Wildman–Crippen LogP) is 3.00. The SMILES string of the molecule is CC.CCOC(=O)C(C)CC(OCC)OCC. The number of hydrogen-bond donors (Lipinski definition) is 0. The quantitative estimate of drug-likeness (QED) is 0.489. The lowest BCUT2D eigenvalue weighted by molar-refractivity contribution is -0.163. The number of hydrogen-bond acceptors (Lipinski definition) is 4. The number of carbonyl (C=O) groups excluding carboxylic acids is 1. The lowest BCUT2D eigenvalue weighted by Crippen LogP contribution is -2.25. The number of esters is 1. The lowest BCUT2D eigenvalue weighted by Gasteiger charge is -2.19. The molecule has 0 fully saturated rings. The van der Waals surface area contributed by atoms with Crippen LogP contribution in [0.2, 0.25) is 0 Å². The molecule has 0 N–H and O–H groups in total. The van der Waals surface area contributed by atoms with Crippen LogP contribution in [0, 0.1) is 5.92 Å². The number of rotatable bonds is 8. The average Bonchev–Trinajstić information content (AvgIpc) is 2.32. The van der Waals surface area contributed by atoms with Gasteiger partial charge < -0.3 is 14.2 Å². The largest absolute Gasteiger partial charge is 0.466 e. The van der Waals surface area contributed by atoms with Gasteiger partial charge in [-0.15, -0.1) is 0 Å². The van der Waals surface area contributed by atoms with E-state index in [0.717, 1.165) is 0 Å². The maximum atomic E-state index is 11.4. The van der Waals surface area contributed by atoms with Crippen molar-refractivity contribution in [3.05, 3.63) is 0 Å². The monoisotopic (exact) mass is 248 g/mol. The normalized spacial score (nSPS) is 11.7. The van der Waals surface area contributed by atoms with Crippen molar-refractivity contribution in [2.45, 2.75) is 54.3 Å². The van der Waals surface area contributed by atoms with Gasteiger partial charge in [0.15, 0.2) is 6.29 Å². The van der Waals surface area contributed by atoms with Gasteiger partial charge in [-0.3, -0.25) is 4.79 Å². The summed E-state index contributed by atoms with van der Waals surface area (Å²) >= 11 is 0. The van der Waals surface area contributed by atoms with Crippen LogP contribution >= 0.6 is 0 Å². The molecule has 4 nitrogen and oxygen atoms in total. The first-order chi connectivity index (χ1) is 8.15. The molecular formula is C13H28O4. The zero-order valence-electron chi connectivity index (χ0n) is 12.1. The molecule has 0 saturated heterocycles. The van der Waals surface area contributed by atoms with Crippen molar-refractivity contribution in [3.8, 4) is 0 Å². The minimum atomic E-state index is -0.306. The van der Waals surface area contributed by atoms with Gasteiger partial charge in [0.2, 0.25) is 0 Å². The molecule has 0 amide bonds. The summed E-state index contributed by atoms with van der Waals surface area (Å²) in [6.45, 7) is 13.0. The molecule has 0 radical (unpaired) electrons. The van der Waals surface area contributed by atoms with Gasteiger partial charge in [0.05, 0.1) is 12.5 Å². The Labute approximate surface area is 106 Å². The zero-order valence-corrected chi connectivity index (χ0v) is 12.1. The molecule has 0 aromatic rings. The maximum absolute atomic E-state index is 11.4. The Morgan fingerprint density at radius 2 is 1.47 bits per heavy atom. The lowest BCUT2D eigenvalue weighted by atomic mass is 10.1. The zero-order chi connectivity index (χ0) is 13.7. The van der Waals surface area contributed by atoms with Crippen LogP contribution < -0.4 is 0 Å². The highest BCUT2D eigenvalue weighted by Crippen LogP contribution is 2.12. The molecule has 1 atom stereocenters. The van der Waals surface area contributed by atoms with Crippen LogP contribution in [0.3, 0.4) is 0 Å². The Kier molecular flexibility index (Phi) is 14.8. The Morgan fingerprint density at radius 3 is 1.82 bits per heavy atom. The highest BCUT2D eigenvalue weighted by molar-refractivity contribution is 5.71. The van der Waals surface area contributed by atoms with Gasteiger partial charge in [0.25, 0.3) is 0 Å². The molecular weight excluding hydrogens is 220 g/mol. The minimum absolute atomic E-state index is 0.187. The summed E-state index contributed by atoms with van der Waals surface area (Å²) in [4.78, 5) is 11.4. The summed E-state index contributed by atoms with van der Waals surface area (Å²) in [5.41, 5.74) is 0. The second-order valence-electron chi connectivity index (χ2n) is 3.23. The highest BCUT2D eigenvalue weighted by Gasteiger charge is 2.20. The van der Waals surface area contributed by atoms with E-state index >= 15 is 0 Å². The third-order valence-corrected chi connectivity index (χ3v) is 1.94. The summed E-state index contributed by atoms with van der Waals surface area (Å²) in [6, 6.07) is 0. The van der Waals surface area contributed by atoms with Crippen LogP contribution in [0.25, 0.3) is 0 Å². The third kappa shape index (κ3) is 10.3. The molecule has 104 valence electrons. The fourth-order valence-corrected chi connectivity index (χ4v) is 1.23. The minimum Gasteiger partial charge on any atom is -0.466 e. The molecule has 0 spiro atoms. The Bertz CT molecular complexity index is 165. The van der Waals surface area contributed by atoms with Gasteiger partial charge in [-0.05, 0) is 20.8 Å². The third-order valence-electron chi connectivity index (χ3n) is 1.94. The summed E-state index contributed by atoms with van der Waals surface area (Å²) in [5, 5.41) is 0. The standard InChI is InChI=1S/C11H22O4.C2H6/c1-5-13-10(14-6-2)8-9(4)11(12)15-7-3;1-2/h9-10H,5-8H2,1-4H3;1-2H3. The van der Waals surface area contributed by atoms with Crippen molar-refractivity contribution < 1.29 is 19.0 Å². The molecule has 0 aliphatic rings. The van der Waals surface area contributed by atoms with E-state index in [1.807, 2.05) is 34.6 Å². The molecule has 0 aliphatic heterocycles. The molecule has 1 unspecified atom stereocenters. The molecule has 17 heavy (non-hydrogen) atoms. The molecule has 0 aliphatic carbocycles. The van der Waals surface area contributed by atoms with E-state index in [1.165, 1.54) is 0 Å². The first kappa shape index (κ1) is 18.7. The van der Waals surface area contributed by atoms with Crippen LogP contribution in [0.15, 0.2) is 0 Å². The second-order valence-corrected chi connectivity index (χ2v) is 3.23. The van der Waals surface area contributed by atoms with Gasteiger partial charge in [-0.2, -0.15) is 0 Å². The maximum Gasteiger partial charge on any atom is 0.308 e. The van der Waals surface area contributed by atoms with Crippen LogP contribution in [0.4, 0.5) is 0 Å². The first-order valence-corrected chi connectivity index (χ1v) is 6.55. The van der Waals surface area contributed by atoms with Crippen LogP contribution in [-0.2, 0) is 19.0 Å². The van der Waals surface area contributed by atoms with Gasteiger partial charge in [0, 0.05) is 19.6 Å². The summed E-state index contributed by atoms with van der Waals surface area (Å²) in [6.07, 6.45) is 0.236. The Balaban J connectivity index is 0. The van der Waals surface area contributed by atoms with Crippen LogP contribution in [0.1, 0.15) is 48.0 Å². The molecule has 0 rings (SSSR count). The van der Waals surface area contributed by atoms with Crippen molar-refractivity contribution in [2.24, 2.45) is 5.92 Å². The number of ether oxygens (including phenoxy) is 3. The molecule has 0 aromatic carbocycles. The molecule has 0 bridgehead atoms. The van der Waals surface area contributed by atoms with E-state index in [4.69, 9.17) is 14.2 Å². The highest BCUT2D eigenvalue weighted by atomic mass is 16.7. The van der Waals surface area contributed by atoms with E-state index in [0.29, 0.717) is 26.2 Å². The Hall–Kier alpha value is -0.610. The van der Waals surface area contributed by atoms with Crippen molar-refractivity contribution >= 4 is 5.97 Å². The van der Waals surface area contributed by atoms with E-state index in [9.17, 15) is 4.79 Å². The topological polar surface area (TPSA) is 44.8 Å². The van der Waals surface area contributed by atoms with Crippen LogP contribution in [-0.4, -0.2) is 32.1 Å². The molecule has 0 aromatic heterocycles. The summed E-state index contributed by atoms with van der Waals surface area (Å²) < 4.78 is 15.6. The first-order valence-electron chi connectivity index (χ1n) is 6.55. The van der Waals surface area contributed by atoms with Crippen LogP contribution in [0.5, 0.6) is 0 Å². The smallest absolute Gasteiger partial charge is 0.308 e. The van der Waals surface area contributed by atoms with E-state index in [-0.39, 0.29) is 18.2 Å². The molecule has 4 heteroatoms. The summed E-state index contributed by atoms with van der Waals surface area (Å²) in [7, 11) is 0. The average molecular weight is 248 g/mol. The van der Waals surface area contributed by atoms with Gasteiger partial charge in [-0.25, -0.2) is 0 Å². The van der Waals surface area contributed by atoms with E-state index in [1.54, 1.807) is 6.92 Å². The van der Waals surface area contributed by atoms with Gasteiger partial charge in [0.1, 0.15) is 0 Å². The van der Waals surface area contributed by atoms with Crippen molar-refractivity contribution in [1.82, 2.24) is 0 Å². The summed E-state index contributed by atoms with van der Waals surface area (Å²) in [5.74, 6) is -0.380. The van der Waals surface area contributed by atoms with Gasteiger partial charge in [-0.1, -0.05) is 20.8 Å². The van der Waals surface area contributed by atoms with E-state index in [2.05, 4.69) is 0 Å². The van der Waals surface area contributed by atoms with E-state index < -0.39 is 0 Å². The van der Waals surface area contributed by atoms with Gasteiger partial charge >= 0.3 is 5.97 Å². The second kappa shape index (κ2) is 13.5. The fourth-order valence-electron chi connectivity index (χ4n) is 1.23. The molecule has 0 saturated carbocycles.